The lowest BCUT2D eigenvalue weighted by Gasteiger charge is -2.34. The highest BCUT2D eigenvalue weighted by molar-refractivity contribution is 5.63. The first-order chi connectivity index (χ1) is 7.71. The Balaban J connectivity index is 2.09. The first-order valence-corrected chi connectivity index (χ1v) is 6.24. The Hall–Kier alpha value is -1.02. The van der Waals surface area contributed by atoms with Gasteiger partial charge in [-0.05, 0) is 44.5 Å². The monoisotopic (exact) mass is 216 g/mol. The van der Waals surface area contributed by atoms with Crippen LogP contribution in [0.1, 0.15) is 24.0 Å². The summed E-state index contributed by atoms with van der Waals surface area (Å²) in [4.78, 5) is 2.43. The third-order valence-corrected chi connectivity index (χ3v) is 4.24. The average molecular weight is 216 g/mol. The molecule has 86 valence electrons. The lowest BCUT2D eigenvalue weighted by molar-refractivity contribution is 0.327. The van der Waals surface area contributed by atoms with E-state index in [1.807, 2.05) is 0 Å². The molecular weight excluding hydrogens is 196 g/mol. The van der Waals surface area contributed by atoms with Gasteiger partial charge < -0.3 is 10.2 Å². The number of aryl methyl sites for hydroxylation is 1. The fourth-order valence-corrected chi connectivity index (χ4v) is 3.36. The van der Waals surface area contributed by atoms with Crippen molar-refractivity contribution in [1.82, 2.24) is 5.32 Å². The van der Waals surface area contributed by atoms with Crippen molar-refractivity contribution in [2.75, 3.05) is 31.6 Å². The summed E-state index contributed by atoms with van der Waals surface area (Å²) in [7, 11) is 2.23. The van der Waals surface area contributed by atoms with Crippen molar-refractivity contribution in [3.8, 4) is 0 Å². The Morgan fingerprint density at radius 3 is 2.75 bits per heavy atom. The van der Waals surface area contributed by atoms with Crippen molar-refractivity contribution in [3.63, 3.8) is 0 Å². The van der Waals surface area contributed by atoms with Crippen molar-refractivity contribution in [3.05, 3.63) is 29.3 Å². The van der Waals surface area contributed by atoms with E-state index in [4.69, 9.17) is 0 Å². The van der Waals surface area contributed by atoms with Crippen LogP contribution >= 0.6 is 0 Å². The quantitative estimate of drug-likeness (QED) is 0.714. The van der Waals surface area contributed by atoms with Gasteiger partial charge in [0, 0.05) is 24.7 Å². The van der Waals surface area contributed by atoms with E-state index in [2.05, 4.69) is 42.4 Å². The molecule has 2 aliphatic rings. The Morgan fingerprint density at radius 1 is 1.25 bits per heavy atom. The van der Waals surface area contributed by atoms with E-state index < -0.39 is 0 Å². The number of fused-ring (bicyclic) bond motifs is 2. The second kappa shape index (κ2) is 3.49. The van der Waals surface area contributed by atoms with Gasteiger partial charge in [-0.1, -0.05) is 17.7 Å². The fraction of sp³-hybridized carbons (Fsp3) is 0.571. The molecule has 2 aliphatic heterocycles. The summed E-state index contributed by atoms with van der Waals surface area (Å²) in [6.07, 6.45) is 2.57. The number of hydrogen-bond acceptors (Lipinski definition) is 2. The second-order valence-corrected chi connectivity index (χ2v) is 5.41. The first kappa shape index (κ1) is 10.2. The van der Waals surface area contributed by atoms with Crippen LogP contribution in [0.3, 0.4) is 0 Å². The molecule has 16 heavy (non-hydrogen) atoms. The normalized spacial score (nSPS) is 22.5. The SMILES string of the molecule is Cc1ccc2c(c1)C1(CCNCC1)CN2C. The molecule has 1 fully saturated rings. The predicted molar refractivity (Wildman–Crippen MR) is 68.2 cm³/mol. The molecule has 1 N–H and O–H groups in total. The molecule has 3 rings (SSSR count). The van der Waals surface area contributed by atoms with E-state index in [1.165, 1.54) is 43.7 Å². The third-order valence-electron chi connectivity index (χ3n) is 4.24. The molecule has 2 heterocycles. The molecule has 0 unspecified atom stereocenters. The molecule has 0 bridgehead atoms. The topological polar surface area (TPSA) is 15.3 Å². The maximum Gasteiger partial charge on any atom is 0.0403 e. The first-order valence-electron chi connectivity index (χ1n) is 6.24. The summed E-state index contributed by atoms with van der Waals surface area (Å²) in [6, 6.07) is 6.93. The average Bonchev–Trinajstić information content (AvgIpc) is 2.53. The Bertz CT molecular complexity index is 405. The number of rotatable bonds is 0. The Kier molecular flexibility index (Phi) is 2.21. The highest BCUT2D eigenvalue weighted by Crippen LogP contribution is 2.45. The van der Waals surface area contributed by atoms with Gasteiger partial charge in [0.25, 0.3) is 0 Å². The smallest absolute Gasteiger partial charge is 0.0403 e. The standard InChI is InChI=1S/C14H20N2/c1-11-3-4-13-12(9-11)14(10-16(13)2)5-7-15-8-6-14/h3-4,9,15H,5-8,10H2,1-2H3. The van der Waals surface area contributed by atoms with Crippen LogP contribution in [0, 0.1) is 6.92 Å². The maximum absolute atomic E-state index is 3.48. The minimum Gasteiger partial charge on any atom is -0.373 e. The van der Waals surface area contributed by atoms with Crippen LogP contribution < -0.4 is 10.2 Å². The largest absolute Gasteiger partial charge is 0.373 e. The number of piperidine rings is 1. The van der Waals surface area contributed by atoms with Crippen LogP contribution in [0.25, 0.3) is 0 Å². The summed E-state index contributed by atoms with van der Waals surface area (Å²) >= 11 is 0. The molecule has 0 radical (unpaired) electrons. The van der Waals surface area contributed by atoms with Gasteiger partial charge in [-0.15, -0.1) is 0 Å². The third kappa shape index (κ3) is 1.36. The molecule has 0 aromatic heterocycles. The van der Waals surface area contributed by atoms with Gasteiger partial charge in [0.05, 0.1) is 0 Å². The van der Waals surface area contributed by atoms with Gasteiger partial charge in [-0.3, -0.25) is 0 Å². The Labute approximate surface area is 97.6 Å². The zero-order chi connectivity index (χ0) is 11.2. The van der Waals surface area contributed by atoms with Crippen LogP contribution in [0.5, 0.6) is 0 Å². The second-order valence-electron chi connectivity index (χ2n) is 5.41. The minimum absolute atomic E-state index is 0.432. The number of nitrogens with zero attached hydrogens (tertiary/aromatic N) is 1. The number of benzene rings is 1. The zero-order valence-electron chi connectivity index (χ0n) is 10.2. The summed E-state index contributed by atoms with van der Waals surface area (Å²) < 4.78 is 0. The van der Waals surface area contributed by atoms with Crippen molar-refractivity contribution < 1.29 is 0 Å². The summed E-state index contributed by atoms with van der Waals surface area (Å²) in [5, 5.41) is 3.48. The van der Waals surface area contributed by atoms with E-state index >= 15 is 0 Å². The summed E-state index contributed by atoms with van der Waals surface area (Å²) in [5.41, 5.74) is 4.87. The van der Waals surface area contributed by atoms with Crippen LogP contribution in [-0.4, -0.2) is 26.7 Å². The van der Waals surface area contributed by atoms with Crippen molar-refractivity contribution >= 4 is 5.69 Å². The molecule has 0 atom stereocenters. The van der Waals surface area contributed by atoms with Gasteiger partial charge in [0.15, 0.2) is 0 Å². The van der Waals surface area contributed by atoms with E-state index in [-0.39, 0.29) is 0 Å². The molecular formula is C14H20N2. The van der Waals surface area contributed by atoms with Crippen LogP contribution in [0.2, 0.25) is 0 Å². The molecule has 2 heteroatoms. The molecule has 1 spiro atoms. The summed E-state index contributed by atoms with van der Waals surface area (Å²) in [5.74, 6) is 0. The minimum atomic E-state index is 0.432. The fourth-order valence-electron chi connectivity index (χ4n) is 3.36. The molecule has 1 saturated heterocycles. The van der Waals surface area contributed by atoms with Gasteiger partial charge >= 0.3 is 0 Å². The lowest BCUT2D eigenvalue weighted by atomic mass is 9.74. The zero-order valence-corrected chi connectivity index (χ0v) is 10.2. The molecule has 0 aliphatic carbocycles. The lowest BCUT2D eigenvalue weighted by Crippen LogP contribution is -2.42. The van der Waals surface area contributed by atoms with Gasteiger partial charge in [0.1, 0.15) is 0 Å². The number of anilines is 1. The van der Waals surface area contributed by atoms with Crippen LogP contribution in [0.15, 0.2) is 18.2 Å². The van der Waals surface area contributed by atoms with Crippen molar-refractivity contribution in [2.45, 2.75) is 25.2 Å². The van der Waals surface area contributed by atoms with Gasteiger partial charge in [-0.2, -0.15) is 0 Å². The predicted octanol–water partition coefficient (Wildman–Crippen LogP) is 2.07. The number of likely N-dealkylation sites (N-methyl/N-ethyl adjacent to an activating group) is 1. The molecule has 0 amide bonds. The number of nitrogens with one attached hydrogen (secondary N) is 1. The van der Waals surface area contributed by atoms with E-state index in [1.54, 1.807) is 5.56 Å². The molecule has 1 aromatic rings. The molecule has 1 aromatic carbocycles. The number of hydrogen-bond donors (Lipinski definition) is 1. The maximum atomic E-state index is 3.48. The van der Waals surface area contributed by atoms with E-state index in [0.29, 0.717) is 5.41 Å². The molecule has 0 saturated carbocycles. The van der Waals surface area contributed by atoms with Crippen molar-refractivity contribution in [2.24, 2.45) is 0 Å². The van der Waals surface area contributed by atoms with Gasteiger partial charge in [-0.25, -0.2) is 0 Å². The van der Waals surface area contributed by atoms with E-state index in [0.717, 1.165) is 0 Å². The van der Waals surface area contributed by atoms with Crippen LogP contribution in [0.4, 0.5) is 5.69 Å². The highest BCUT2D eigenvalue weighted by Gasteiger charge is 2.41. The molecule has 2 nitrogen and oxygen atoms in total. The Morgan fingerprint density at radius 2 is 2.00 bits per heavy atom. The highest BCUT2D eigenvalue weighted by atomic mass is 15.1. The van der Waals surface area contributed by atoms with Crippen LogP contribution in [-0.2, 0) is 5.41 Å². The van der Waals surface area contributed by atoms with Crippen molar-refractivity contribution in [1.29, 1.82) is 0 Å². The van der Waals surface area contributed by atoms with Gasteiger partial charge in [0.2, 0.25) is 0 Å². The summed E-state index contributed by atoms with van der Waals surface area (Å²) in [6.45, 7) is 5.74. The van der Waals surface area contributed by atoms with E-state index in [9.17, 15) is 0 Å².